The summed E-state index contributed by atoms with van der Waals surface area (Å²) in [6, 6.07) is 4.57. The zero-order valence-electron chi connectivity index (χ0n) is 10.6. The van der Waals surface area contributed by atoms with E-state index in [2.05, 4.69) is 0 Å². The molecule has 2 N–H and O–H groups in total. The van der Waals surface area contributed by atoms with E-state index in [9.17, 15) is 4.39 Å². The zero-order chi connectivity index (χ0) is 12.8. The highest BCUT2D eigenvalue weighted by molar-refractivity contribution is 6.64. The van der Waals surface area contributed by atoms with Gasteiger partial charge in [0.2, 0.25) is 0 Å². The Morgan fingerprint density at radius 1 is 1.12 bits per heavy atom. The fourth-order valence-electron chi connectivity index (χ4n) is 1.76. The van der Waals surface area contributed by atoms with Crippen molar-refractivity contribution in [3.63, 3.8) is 0 Å². The second-order valence-electron chi connectivity index (χ2n) is 5.33. The van der Waals surface area contributed by atoms with E-state index in [1.165, 1.54) is 6.07 Å². The highest BCUT2D eigenvalue weighted by Crippen LogP contribution is 2.37. The van der Waals surface area contributed by atoms with Gasteiger partial charge in [0, 0.05) is 11.2 Å². The van der Waals surface area contributed by atoms with E-state index in [4.69, 9.17) is 15.0 Å². The van der Waals surface area contributed by atoms with Gasteiger partial charge in [-0.1, -0.05) is 6.07 Å². The summed E-state index contributed by atoms with van der Waals surface area (Å²) in [6.45, 7) is 7.68. The van der Waals surface area contributed by atoms with Gasteiger partial charge in [-0.15, -0.1) is 0 Å². The minimum atomic E-state index is -0.749. The molecule has 3 nitrogen and oxygen atoms in total. The Morgan fingerprint density at radius 3 is 2.12 bits per heavy atom. The number of hydrogen-bond donors (Lipinski definition) is 1. The third-order valence-corrected chi connectivity index (χ3v) is 3.58. The van der Waals surface area contributed by atoms with Crippen LogP contribution in [-0.4, -0.2) is 18.3 Å². The van der Waals surface area contributed by atoms with Crippen molar-refractivity contribution in [3.05, 3.63) is 24.0 Å². The summed E-state index contributed by atoms with van der Waals surface area (Å²) in [6.07, 6.45) is 0. The fourth-order valence-corrected chi connectivity index (χ4v) is 1.76. The first-order valence-electron chi connectivity index (χ1n) is 5.64. The molecule has 92 valence electrons. The predicted octanol–water partition coefficient (Wildman–Crippen LogP) is 1.71. The number of rotatable bonds is 1. The van der Waals surface area contributed by atoms with Crippen molar-refractivity contribution < 1.29 is 13.7 Å². The molecule has 1 aliphatic heterocycles. The third kappa shape index (κ3) is 1.94. The molecule has 0 aliphatic carbocycles. The second kappa shape index (κ2) is 3.72. The number of benzene rings is 1. The molecular formula is C12H17BFNO2. The van der Waals surface area contributed by atoms with Crippen LogP contribution in [0.4, 0.5) is 10.1 Å². The minimum Gasteiger partial charge on any atom is -0.399 e. The van der Waals surface area contributed by atoms with Crippen LogP contribution in [0.2, 0.25) is 0 Å². The average molecular weight is 237 g/mol. The first kappa shape index (κ1) is 12.4. The maximum absolute atomic E-state index is 13.8. The van der Waals surface area contributed by atoms with Gasteiger partial charge in [-0.05, 0) is 39.8 Å². The molecule has 1 saturated heterocycles. The van der Waals surface area contributed by atoms with Gasteiger partial charge in [-0.25, -0.2) is 4.39 Å². The number of hydrogen-bond acceptors (Lipinski definition) is 3. The lowest BCUT2D eigenvalue weighted by Crippen LogP contribution is -2.41. The van der Waals surface area contributed by atoms with E-state index in [1.807, 2.05) is 27.7 Å². The van der Waals surface area contributed by atoms with Crippen LogP contribution >= 0.6 is 0 Å². The van der Waals surface area contributed by atoms with Gasteiger partial charge in [0.25, 0.3) is 0 Å². The number of nitrogen functional groups attached to an aromatic ring is 1. The predicted molar refractivity (Wildman–Crippen MR) is 66.5 cm³/mol. The molecule has 1 heterocycles. The molecule has 2 rings (SSSR count). The maximum atomic E-state index is 13.8. The van der Waals surface area contributed by atoms with Gasteiger partial charge in [0.1, 0.15) is 5.82 Å². The van der Waals surface area contributed by atoms with Crippen LogP contribution in [0.3, 0.4) is 0 Å². The van der Waals surface area contributed by atoms with Crippen LogP contribution in [-0.2, 0) is 9.31 Å². The average Bonchev–Trinajstić information content (AvgIpc) is 2.35. The molecule has 1 aromatic carbocycles. The molecule has 1 aliphatic rings. The van der Waals surface area contributed by atoms with E-state index >= 15 is 0 Å². The van der Waals surface area contributed by atoms with E-state index in [0.29, 0.717) is 5.69 Å². The van der Waals surface area contributed by atoms with Gasteiger partial charge in [0.15, 0.2) is 0 Å². The van der Waals surface area contributed by atoms with Crippen LogP contribution in [0.5, 0.6) is 0 Å². The first-order chi connectivity index (χ1) is 7.74. The topological polar surface area (TPSA) is 44.5 Å². The van der Waals surface area contributed by atoms with Crippen LogP contribution in [0.25, 0.3) is 0 Å². The molecule has 1 fully saturated rings. The zero-order valence-corrected chi connectivity index (χ0v) is 10.6. The second-order valence-corrected chi connectivity index (χ2v) is 5.33. The molecule has 17 heavy (non-hydrogen) atoms. The quantitative estimate of drug-likeness (QED) is 0.597. The monoisotopic (exact) mass is 237 g/mol. The van der Waals surface area contributed by atoms with Gasteiger partial charge < -0.3 is 15.0 Å². The molecule has 0 atom stereocenters. The molecular weight excluding hydrogens is 220 g/mol. The Hall–Kier alpha value is -1.07. The molecule has 0 bridgehead atoms. The van der Waals surface area contributed by atoms with Crippen LogP contribution in [0.1, 0.15) is 27.7 Å². The summed E-state index contributed by atoms with van der Waals surface area (Å²) in [4.78, 5) is 0. The first-order valence-corrected chi connectivity index (χ1v) is 5.64. The van der Waals surface area contributed by atoms with Crippen molar-refractivity contribution in [1.82, 2.24) is 0 Å². The van der Waals surface area contributed by atoms with Crippen LogP contribution < -0.4 is 11.2 Å². The highest BCUT2D eigenvalue weighted by atomic mass is 19.1. The fraction of sp³-hybridized carbons (Fsp3) is 0.500. The standard InChI is InChI=1S/C12H17BFNO2/c1-11(2)12(3,4)17-13(16-11)10-8(14)6-5-7-9(10)15/h5-7H,15H2,1-4H3. The van der Waals surface area contributed by atoms with Gasteiger partial charge >= 0.3 is 7.12 Å². The van der Waals surface area contributed by atoms with Crippen LogP contribution in [0.15, 0.2) is 18.2 Å². The molecule has 0 unspecified atom stereocenters. The normalized spacial score (nSPS) is 21.8. The summed E-state index contributed by atoms with van der Waals surface area (Å²) >= 11 is 0. The van der Waals surface area contributed by atoms with Crippen molar-refractivity contribution in [2.75, 3.05) is 5.73 Å². The number of anilines is 1. The Labute approximate surface area is 101 Å². The lowest BCUT2D eigenvalue weighted by atomic mass is 9.77. The summed E-state index contributed by atoms with van der Waals surface area (Å²) < 4.78 is 25.3. The maximum Gasteiger partial charge on any atom is 0.499 e. The molecule has 0 radical (unpaired) electrons. The van der Waals surface area contributed by atoms with Gasteiger partial charge in [-0.2, -0.15) is 0 Å². The van der Waals surface area contributed by atoms with Gasteiger partial charge in [-0.3, -0.25) is 0 Å². The summed E-state index contributed by atoms with van der Waals surface area (Å²) in [5, 5.41) is 0. The van der Waals surface area contributed by atoms with E-state index in [1.54, 1.807) is 12.1 Å². The lowest BCUT2D eigenvalue weighted by Gasteiger charge is -2.32. The van der Waals surface area contributed by atoms with Crippen molar-refractivity contribution in [1.29, 1.82) is 0 Å². The lowest BCUT2D eigenvalue weighted by molar-refractivity contribution is 0.00578. The summed E-state index contributed by atoms with van der Waals surface area (Å²) in [5.74, 6) is -0.400. The SMILES string of the molecule is CC1(C)OB(c2c(N)cccc2F)OC1(C)C. The van der Waals surface area contributed by atoms with E-state index in [0.717, 1.165) is 0 Å². The highest BCUT2D eigenvalue weighted by Gasteiger charge is 2.52. The summed E-state index contributed by atoms with van der Waals surface area (Å²) in [7, 11) is -0.749. The third-order valence-electron chi connectivity index (χ3n) is 3.58. The van der Waals surface area contributed by atoms with Crippen LogP contribution in [0, 0.1) is 5.82 Å². The van der Waals surface area contributed by atoms with Crippen molar-refractivity contribution in [3.8, 4) is 0 Å². The smallest absolute Gasteiger partial charge is 0.399 e. The molecule has 1 aromatic rings. The number of nitrogens with two attached hydrogens (primary N) is 1. The number of halogens is 1. The Kier molecular flexibility index (Phi) is 2.71. The Balaban J connectivity index is 2.39. The molecule has 0 spiro atoms. The molecule has 0 aromatic heterocycles. The molecule has 5 heteroatoms. The summed E-state index contributed by atoms with van der Waals surface area (Å²) in [5.41, 5.74) is 5.42. The van der Waals surface area contributed by atoms with Crippen molar-refractivity contribution >= 4 is 18.3 Å². The largest absolute Gasteiger partial charge is 0.499 e. The Morgan fingerprint density at radius 2 is 1.65 bits per heavy atom. The Bertz CT molecular complexity index is 412. The molecule has 0 saturated carbocycles. The minimum absolute atomic E-state index is 0.283. The van der Waals surface area contributed by atoms with Gasteiger partial charge in [0.05, 0.1) is 11.2 Å². The van der Waals surface area contributed by atoms with E-state index < -0.39 is 24.1 Å². The molecule has 0 amide bonds. The van der Waals surface area contributed by atoms with Crippen molar-refractivity contribution in [2.45, 2.75) is 38.9 Å². The van der Waals surface area contributed by atoms with Crippen molar-refractivity contribution in [2.24, 2.45) is 0 Å². The van der Waals surface area contributed by atoms with E-state index in [-0.39, 0.29) is 5.46 Å².